The van der Waals surface area contributed by atoms with Crippen LogP contribution < -0.4 is 0 Å². The molecule has 1 N–H and O–H groups in total. The number of rotatable bonds is 5. The minimum absolute atomic E-state index is 0.144. The molecule has 0 fully saturated rings. The van der Waals surface area contributed by atoms with Gasteiger partial charge < -0.3 is 10.0 Å². The molecule has 0 saturated carbocycles. The molecule has 0 aliphatic heterocycles. The number of nitrogens with zero attached hydrogens (tertiary/aromatic N) is 1. The van der Waals surface area contributed by atoms with Gasteiger partial charge in [0.1, 0.15) is 4.84 Å². The maximum absolute atomic E-state index is 9.37. The Labute approximate surface area is 84.5 Å². The third kappa shape index (κ3) is 5.20. The monoisotopic (exact) mass is 213 g/mol. The molecule has 4 heteroatoms. The minimum atomic E-state index is -0.341. The Morgan fingerprint density at radius 1 is 1.25 bits per heavy atom. The SMILES string of the molecule is CC(O)C(CCC(Cl)Cl)N(C)C. The molecule has 0 heterocycles. The van der Waals surface area contributed by atoms with Crippen LogP contribution in [0.5, 0.6) is 0 Å². The molecule has 2 unspecified atom stereocenters. The molecule has 0 aliphatic rings. The van der Waals surface area contributed by atoms with Gasteiger partial charge in [0.05, 0.1) is 6.10 Å². The summed E-state index contributed by atoms with van der Waals surface area (Å²) in [5.74, 6) is 0. The van der Waals surface area contributed by atoms with Crippen molar-refractivity contribution in [2.24, 2.45) is 0 Å². The van der Waals surface area contributed by atoms with Gasteiger partial charge in [-0.2, -0.15) is 0 Å². The molecule has 0 amide bonds. The molecule has 0 bridgehead atoms. The highest BCUT2D eigenvalue weighted by Crippen LogP contribution is 2.15. The zero-order valence-electron chi connectivity index (χ0n) is 7.80. The van der Waals surface area contributed by atoms with Crippen molar-refractivity contribution < 1.29 is 5.11 Å². The summed E-state index contributed by atoms with van der Waals surface area (Å²) in [4.78, 5) is 1.66. The maximum Gasteiger partial charge on any atom is 0.107 e. The summed E-state index contributed by atoms with van der Waals surface area (Å²) in [5, 5.41) is 9.37. The third-order valence-electron chi connectivity index (χ3n) is 1.90. The lowest BCUT2D eigenvalue weighted by molar-refractivity contribution is 0.0845. The molecule has 0 aliphatic carbocycles. The topological polar surface area (TPSA) is 23.5 Å². The summed E-state index contributed by atoms with van der Waals surface area (Å²) >= 11 is 11.2. The first-order valence-corrected chi connectivity index (χ1v) is 4.95. The van der Waals surface area contributed by atoms with Gasteiger partial charge in [-0.3, -0.25) is 0 Å². The van der Waals surface area contributed by atoms with Crippen LogP contribution in [0.3, 0.4) is 0 Å². The maximum atomic E-state index is 9.37. The van der Waals surface area contributed by atoms with Crippen LogP contribution in [0, 0.1) is 0 Å². The molecule has 74 valence electrons. The number of alkyl halides is 2. The molecule has 0 aromatic carbocycles. The standard InChI is InChI=1S/C8H17Cl2NO/c1-6(12)7(11(2)3)4-5-8(9)10/h6-8,12H,4-5H2,1-3H3. The lowest BCUT2D eigenvalue weighted by Crippen LogP contribution is -2.37. The molecule has 0 saturated heterocycles. The summed E-state index contributed by atoms with van der Waals surface area (Å²) in [6.07, 6.45) is 1.20. The van der Waals surface area contributed by atoms with Gasteiger partial charge in [-0.15, -0.1) is 23.2 Å². The Kier molecular flexibility index (Phi) is 6.28. The predicted octanol–water partition coefficient (Wildman–Crippen LogP) is 1.88. The third-order valence-corrected chi connectivity index (χ3v) is 2.34. The van der Waals surface area contributed by atoms with E-state index in [-0.39, 0.29) is 17.0 Å². The Morgan fingerprint density at radius 2 is 1.75 bits per heavy atom. The summed E-state index contributed by atoms with van der Waals surface area (Å²) < 4.78 is 0. The van der Waals surface area contributed by atoms with E-state index in [1.807, 2.05) is 19.0 Å². The second-order valence-corrected chi connectivity index (χ2v) is 4.52. The van der Waals surface area contributed by atoms with Gasteiger partial charge in [0.25, 0.3) is 0 Å². The molecule has 0 aromatic heterocycles. The summed E-state index contributed by atoms with van der Waals surface area (Å²) in [5.41, 5.74) is 0. The van der Waals surface area contributed by atoms with Crippen molar-refractivity contribution in [3.05, 3.63) is 0 Å². The van der Waals surface area contributed by atoms with Crippen LogP contribution in [-0.4, -0.2) is 41.1 Å². The van der Waals surface area contributed by atoms with Gasteiger partial charge in [0.15, 0.2) is 0 Å². The highest BCUT2D eigenvalue weighted by molar-refractivity contribution is 6.44. The summed E-state index contributed by atoms with van der Waals surface area (Å²) in [6, 6.07) is 0.144. The zero-order valence-corrected chi connectivity index (χ0v) is 9.31. The van der Waals surface area contributed by atoms with Crippen molar-refractivity contribution in [3.63, 3.8) is 0 Å². The highest BCUT2D eigenvalue weighted by atomic mass is 35.5. The van der Waals surface area contributed by atoms with E-state index in [9.17, 15) is 5.11 Å². The second kappa shape index (κ2) is 6.03. The molecular formula is C8H17Cl2NO. The lowest BCUT2D eigenvalue weighted by atomic mass is 10.1. The number of hydrogen-bond donors (Lipinski definition) is 1. The van der Waals surface area contributed by atoms with Crippen molar-refractivity contribution in [1.29, 1.82) is 0 Å². The predicted molar refractivity (Wildman–Crippen MR) is 53.9 cm³/mol. The molecule has 12 heavy (non-hydrogen) atoms. The number of hydrogen-bond acceptors (Lipinski definition) is 2. The van der Waals surface area contributed by atoms with Crippen LogP contribution in [0.2, 0.25) is 0 Å². The van der Waals surface area contributed by atoms with Gasteiger partial charge in [0, 0.05) is 6.04 Å². The smallest absolute Gasteiger partial charge is 0.107 e. The van der Waals surface area contributed by atoms with E-state index in [1.165, 1.54) is 0 Å². The van der Waals surface area contributed by atoms with Gasteiger partial charge >= 0.3 is 0 Å². The van der Waals surface area contributed by atoms with Crippen molar-refractivity contribution in [2.45, 2.75) is 36.7 Å². The van der Waals surface area contributed by atoms with Gasteiger partial charge in [0.2, 0.25) is 0 Å². The van der Waals surface area contributed by atoms with Crippen LogP contribution in [0.25, 0.3) is 0 Å². The van der Waals surface area contributed by atoms with Crippen LogP contribution >= 0.6 is 23.2 Å². The fraction of sp³-hybridized carbons (Fsp3) is 1.00. The molecular weight excluding hydrogens is 197 g/mol. The largest absolute Gasteiger partial charge is 0.392 e. The van der Waals surface area contributed by atoms with Crippen molar-refractivity contribution in [1.82, 2.24) is 4.90 Å². The van der Waals surface area contributed by atoms with Crippen molar-refractivity contribution in [3.8, 4) is 0 Å². The van der Waals surface area contributed by atoms with E-state index in [0.29, 0.717) is 0 Å². The summed E-state index contributed by atoms with van der Waals surface area (Å²) in [6.45, 7) is 1.78. The first-order chi connectivity index (χ1) is 5.45. The van der Waals surface area contributed by atoms with Crippen LogP contribution in [0.4, 0.5) is 0 Å². The van der Waals surface area contributed by atoms with Crippen LogP contribution in [0.1, 0.15) is 19.8 Å². The van der Waals surface area contributed by atoms with Crippen molar-refractivity contribution >= 4 is 23.2 Å². The first kappa shape index (κ1) is 12.5. The summed E-state index contributed by atoms with van der Waals surface area (Å²) in [7, 11) is 3.88. The van der Waals surface area contributed by atoms with E-state index in [2.05, 4.69) is 0 Å². The normalized spacial score (nSPS) is 17.0. The van der Waals surface area contributed by atoms with Gasteiger partial charge in [-0.1, -0.05) is 0 Å². The van der Waals surface area contributed by atoms with E-state index in [0.717, 1.165) is 12.8 Å². The second-order valence-electron chi connectivity index (χ2n) is 3.24. The molecule has 0 aromatic rings. The molecule has 0 spiro atoms. The zero-order chi connectivity index (χ0) is 9.72. The van der Waals surface area contributed by atoms with E-state index in [4.69, 9.17) is 23.2 Å². The number of aliphatic hydroxyl groups excluding tert-OH is 1. The quantitative estimate of drug-likeness (QED) is 0.706. The highest BCUT2D eigenvalue weighted by Gasteiger charge is 2.17. The fourth-order valence-corrected chi connectivity index (χ4v) is 1.48. The van der Waals surface area contributed by atoms with Gasteiger partial charge in [-0.25, -0.2) is 0 Å². The average Bonchev–Trinajstić information content (AvgIpc) is 1.84. The molecule has 2 atom stereocenters. The van der Waals surface area contributed by atoms with Crippen LogP contribution in [-0.2, 0) is 0 Å². The van der Waals surface area contributed by atoms with E-state index >= 15 is 0 Å². The van der Waals surface area contributed by atoms with E-state index < -0.39 is 0 Å². The molecule has 2 nitrogen and oxygen atoms in total. The minimum Gasteiger partial charge on any atom is -0.392 e. The van der Waals surface area contributed by atoms with Crippen LogP contribution in [0.15, 0.2) is 0 Å². The Bertz CT molecular complexity index is 110. The Balaban J connectivity index is 3.80. The molecule has 0 radical (unpaired) electrons. The average molecular weight is 214 g/mol. The van der Waals surface area contributed by atoms with Gasteiger partial charge in [-0.05, 0) is 33.9 Å². The fourth-order valence-electron chi connectivity index (χ4n) is 1.23. The lowest BCUT2D eigenvalue weighted by Gasteiger charge is -2.26. The number of aliphatic hydroxyl groups is 1. The number of halogens is 2. The van der Waals surface area contributed by atoms with Crippen molar-refractivity contribution in [2.75, 3.05) is 14.1 Å². The Morgan fingerprint density at radius 3 is 2.00 bits per heavy atom. The number of likely N-dealkylation sites (N-methyl/N-ethyl adjacent to an activating group) is 1. The molecule has 0 rings (SSSR count). The Hall–Kier alpha value is 0.500. The first-order valence-electron chi connectivity index (χ1n) is 4.07. The van der Waals surface area contributed by atoms with E-state index in [1.54, 1.807) is 6.92 Å².